The maximum atomic E-state index is 11.3. The van der Waals surface area contributed by atoms with Crippen LogP contribution >= 0.6 is 0 Å². The van der Waals surface area contributed by atoms with Crippen molar-refractivity contribution in [3.8, 4) is 0 Å². The van der Waals surface area contributed by atoms with Crippen molar-refractivity contribution in [2.45, 2.75) is 25.7 Å². The molecule has 0 saturated carbocycles. The molecule has 2 rings (SSSR count). The van der Waals surface area contributed by atoms with Gasteiger partial charge in [-0.3, -0.25) is 4.99 Å². The number of hydrogen-bond donors (Lipinski definition) is 1. The number of carbonyl (C=O) groups is 1. The van der Waals surface area contributed by atoms with E-state index in [4.69, 9.17) is 0 Å². The molecule has 1 aliphatic heterocycles. The number of amidine groups is 1. The number of carbonyl (C=O) groups excluding carboxylic acids is 1. The molecule has 0 radical (unpaired) electrons. The first-order valence-corrected chi connectivity index (χ1v) is 6.28. The van der Waals surface area contributed by atoms with Gasteiger partial charge in [-0.1, -0.05) is 6.42 Å². The number of ether oxygens (including phenoxy) is 1. The second-order valence-electron chi connectivity index (χ2n) is 4.33. The third kappa shape index (κ3) is 3.32. The molecule has 0 aliphatic carbocycles. The SMILES string of the molecule is COC(=O)c1ccc(NC2=NCCCCC2)cc1. The van der Waals surface area contributed by atoms with Gasteiger partial charge in [-0.15, -0.1) is 0 Å². The summed E-state index contributed by atoms with van der Waals surface area (Å²) >= 11 is 0. The standard InChI is InChI=1S/C14H18N2O2/c1-18-14(17)11-6-8-12(9-7-11)16-13-5-3-2-4-10-15-13/h6-9H,2-5,10H2,1H3,(H,15,16). The van der Waals surface area contributed by atoms with E-state index in [-0.39, 0.29) is 5.97 Å². The van der Waals surface area contributed by atoms with Crippen LogP contribution in [0.4, 0.5) is 5.69 Å². The molecular weight excluding hydrogens is 228 g/mol. The van der Waals surface area contributed by atoms with E-state index in [9.17, 15) is 4.79 Å². The molecule has 1 aromatic rings. The minimum atomic E-state index is -0.312. The summed E-state index contributed by atoms with van der Waals surface area (Å²) in [6.07, 6.45) is 4.60. The minimum absolute atomic E-state index is 0.312. The number of aliphatic imine (C=N–C) groups is 1. The van der Waals surface area contributed by atoms with E-state index in [0.29, 0.717) is 5.56 Å². The van der Waals surface area contributed by atoms with Crippen LogP contribution in [-0.4, -0.2) is 25.5 Å². The van der Waals surface area contributed by atoms with Crippen molar-refractivity contribution in [1.82, 2.24) is 0 Å². The van der Waals surface area contributed by atoms with Crippen LogP contribution in [0.15, 0.2) is 29.3 Å². The largest absolute Gasteiger partial charge is 0.465 e. The van der Waals surface area contributed by atoms with Crippen LogP contribution in [-0.2, 0) is 4.74 Å². The van der Waals surface area contributed by atoms with Crippen molar-refractivity contribution in [2.24, 2.45) is 4.99 Å². The number of rotatable bonds is 2. The van der Waals surface area contributed by atoms with Crippen LogP contribution in [0.25, 0.3) is 0 Å². The number of esters is 1. The van der Waals surface area contributed by atoms with Crippen LogP contribution in [0.5, 0.6) is 0 Å². The highest BCUT2D eigenvalue weighted by Crippen LogP contribution is 2.13. The van der Waals surface area contributed by atoms with E-state index in [1.807, 2.05) is 12.1 Å². The molecule has 0 saturated heterocycles. The maximum absolute atomic E-state index is 11.3. The number of nitrogens with one attached hydrogen (secondary N) is 1. The fourth-order valence-electron chi connectivity index (χ4n) is 1.95. The Bertz CT molecular complexity index is 438. The zero-order valence-corrected chi connectivity index (χ0v) is 10.6. The van der Waals surface area contributed by atoms with Crippen molar-refractivity contribution in [2.75, 3.05) is 19.0 Å². The maximum Gasteiger partial charge on any atom is 0.337 e. The van der Waals surface area contributed by atoms with E-state index in [2.05, 4.69) is 15.0 Å². The van der Waals surface area contributed by atoms with Crippen molar-refractivity contribution in [3.05, 3.63) is 29.8 Å². The minimum Gasteiger partial charge on any atom is -0.465 e. The third-order valence-corrected chi connectivity index (χ3v) is 2.97. The predicted molar refractivity (Wildman–Crippen MR) is 72.2 cm³/mol. The highest BCUT2D eigenvalue weighted by atomic mass is 16.5. The molecule has 0 amide bonds. The lowest BCUT2D eigenvalue weighted by atomic mass is 10.2. The molecule has 0 spiro atoms. The number of hydrogen-bond acceptors (Lipinski definition) is 4. The summed E-state index contributed by atoms with van der Waals surface area (Å²) < 4.78 is 4.66. The summed E-state index contributed by atoms with van der Waals surface area (Å²) in [5.74, 6) is 0.728. The Kier molecular flexibility index (Phi) is 4.34. The number of nitrogens with zero attached hydrogens (tertiary/aromatic N) is 1. The molecular formula is C14H18N2O2. The molecule has 18 heavy (non-hydrogen) atoms. The van der Waals surface area contributed by atoms with Gasteiger partial charge in [0.05, 0.1) is 12.7 Å². The van der Waals surface area contributed by atoms with Gasteiger partial charge in [0, 0.05) is 18.7 Å². The summed E-state index contributed by atoms with van der Waals surface area (Å²) in [6.45, 7) is 0.905. The van der Waals surface area contributed by atoms with Crippen LogP contribution in [0, 0.1) is 0 Å². The molecule has 1 aromatic carbocycles. The number of methoxy groups -OCH3 is 1. The second kappa shape index (κ2) is 6.19. The monoisotopic (exact) mass is 246 g/mol. The van der Waals surface area contributed by atoms with E-state index in [1.54, 1.807) is 12.1 Å². The van der Waals surface area contributed by atoms with Gasteiger partial charge in [0.1, 0.15) is 5.84 Å². The lowest BCUT2D eigenvalue weighted by Gasteiger charge is -2.08. The van der Waals surface area contributed by atoms with Crippen LogP contribution in [0.1, 0.15) is 36.0 Å². The fraction of sp³-hybridized carbons (Fsp3) is 0.429. The number of anilines is 1. The molecule has 96 valence electrons. The van der Waals surface area contributed by atoms with E-state index in [0.717, 1.165) is 24.5 Å². The average Bonchev–Trinajstić information content (AvgIpc) is 2.67. The van der Waals surface area contributed by atoms with E-state index >= 15 is 0 Å². The van der Waals surface area contributed by atoms with Crippen molar-refractivity contribution < 1.29 is 9.53 Å². The number of benzene rings is 1. The Balaban J connectivity index is 2.01. The second-order valence-corrected chi connectivity index (χ2v) is 4.33. The van der Waals surface area contributed by atoms with Crippen molar-refractivity contribution in [1.29, 1.82) is 0 Å². The first-order valence-electron chi connectivity index (χ1n) is 6.28. The van der Waals surface area contributed by atoms with Gasteiger partial charge in [-0.25, -0.2) is 4.79 Å². The molecule has 0 aromatic heterocycles. The Labute approximate surface area is 107 Å². The normalized spacial score (nSPS) is 15.5. The van der Waals surface area contributed by atoms with Gasteiger partial charge < -0.3 is 10.1 Å². The quantitative estimate of drug-likeness (QED) is 0.816. The van der Waals surface area contributed by atoms with Crippen LogP contribution in [0.2, 0.25) is 0 Å². The van der Waals surface area contributed by atoms with E-state index in [1.165, 1.54) is 26.4 Å². The Morgan fingerprint density at radius 1 is 1.22 bits per heavy atom. The predicted octanol–water partition coefficient (Wildman–Crippen LogP) is 2.86. The molecule has 0 atom stereocenters. The van der Waals surface area contributed by atoms with Crippen LogP contribution < -0.4 is 5.32 Å². The van der Waals surface area contributed by atoms with Gasteiger partial charge >= 0.3 is 5.97 Å². The Morgan fingerprint density at radius 3 is 2.72 bits per heavy atom. The van der Waals surface area contributed by atoms with Gasteiger partial charge in [0.2, 0.25) is 0 Å². The smallest absolute Gasteiger partial charge is 0.337 e. The van der Waals surface area contributed by atoms with Crippen LogP contribution in [0.3, 0.4) is 0 Å². The van der Waals surface area contributed by atoms with E-state index < -0.39 is 0 Å². The topological polar surface area (TPSA) is 50.7 Å². The highest BCUT2D eigenvalue weighted by Gasteiger charge is 2.06. The third-order valence-electron chi connectivity index (χ3n) is 2.97. The lowest BCUT2D eigenvalue weighted by Crippen LogP contribution is -2.11. The first-order chi connectivity index (χ1) is 8.79. The molecule has 1 N–H and O–H groups in total. The average molecular weight is 246 g/mol. The Morgan fingerprint density at radius 2 is 2.00 bits per heavy atom. The summed E-state index contributed by atoms with van der Waals surface area (Å²) in [6, 6.07) is 7.26. The highest BCUT2D eigenvalue weighted by molar-refractivity contribution is 5.96. The molecule has 1 heterocycles. The first kappa shape index (κ1) is 12.6. The zero-order valence-electron chi connectivity index (χ0n) is 10.6. The fourth-order valence-corrected chi connectivity index (χ4v) is 1.95. The summed E-state index contributed by atoms with van der Waals surface area (Å²) in [5.41, 5.74) is 1.52. The summed E-state index contributed by atoms with van der Waals surface area (Å²) in [5, 5.41) is 3.30. The Hall–Kier alpha value is -1.84. The zero-order chi connectivity index (χ0) is 12.8. The van der Waals surface area contributed by atoms with Crippen molar-refractivity contribution in [3.63, 3.8) is 0 Å². The molecule has 4 heteroatoms. The summed E-state index contributed by atoms with van der Waals surface area (Å²) in [4.78, 5) is 15.8. The van der Waals surface area contributed by atoms with Gasteiger partial charge in [-0.05, 0) is 37.1 Å². The molecule has 1 aliphatic rings. The molecule has 0 unspecified atom stereocenters. The van der Waals surface area contributed by atoms with Gasteiger partial charge in [0.15, 0.2) is 0 Å². The van der Waals surface area contributed by atoms with Gasteiger partial charge in [-0.2, -0.15) is 0 Å². The van der Waals surface area contributed by atoms with Gasteiger partial charge in [0.25, 0.3) is 0 Å². The lowest BCUT2D eigenvalue weighted by molar-refractivity contribution is 0.0601. The molecule has 0 fully saturated rings. The molecule has 0 bridgehead atoms. The molecule has 4 nitrogen and oxygen atoms in total. The van der Waals surface area contributed by atoms with Crippen molar-refractivity contribution >= 4 is 17.5 Å². The summed E-state index contributed by atoms with van der Waals surface area (Å²) in [7, 11) is 1.38.